The summed E-state index contributed by atoms with van der Waals surface area (Å²) in [5, 5.41) is 19.6. The number of aromatic nitrogens is 3. The van der Waals surface area contributed by atoms with Crippen molar-refractivity contribution in [3.8, 4) is 0 Å². The Hall–Kier alpha value is -0.300. The van der Waals surface area contributed by atoms with E-state index in [2.05, 4.69) is 20.5 Å². The number of aliphatic hydroxyl groups is 1. The van der Waals surface area contributed by atoms with Crippen LogP contribution in [0.2, 0.25) is 10.4 Å². The highest BCUT2D eigenvalue weighted by molar-refractivity contribution is 7.99. The number of hydrogen-bond acceptors (Lipinski definition) is 6. The third-order valence-electron chi connectivity index (χ3n) is 2.02. The molecule has 0 amide bonds. The van der Waals surface area contributed by atoms with Crippen LogP contribution in [0, 0.1) is 0 Å². The molecule has 0 aliphatic carbocycles. The molecule has 8 heteroatoms. The van der Waals surface area contributed by atoms with Crippen LogP contribution in [0.4, 0.5) is 5.82 Å². The summed E-state index contributed by atoms with van der Waals surface area (Å²) in [6.07, 6.45) is 1.92. The normalized spacial score (nSPS) is 14.6. The van der Waals surface area contributed by atoms with Crippen molar-refractivity contribution in [2.75, 3.05) is 18.2 Å². The van der Waals surface area contributed by atoms with E-state index in [-0.39, 0.29) is 28.3 Å². The maximum absolute atomic E-state index is 9.13. The van der Waals surface area contributed by atoms with Gasteiger partial charge in [-0.15, -0.1) is 10.2 Å². The van der Waals surface area contributed by atoms with Crippen molar-refractivity contribution in [3.05, 3.63) is 10.4 Å². The van der Waals surface area contributed by atoms with Gasteiger partial charge in [0.2, 0.25) is 5.28 Å². The summed E-state index contributed by atoms with van der Waals surface area (Å²) in [4.78, 5) is 3.92. The summed E-state index contributed by atoms with van der Waals surface area (Å²) in [5.41, 5.74) is 0. The lowest BCUT2D eigenvalue weighted by Gasteiger charge is -2.21. The molecule has 2 N–H and O–H groups in total. The first-order valence-electron chi connectivity index (χ1n) is 4.54. The molecule has 2 atom stereocenters. The van der Waals surface area contributed by atoms with Gasteiger partial charge >= 0.3 is 0 Å². The quantitative estimate of drug-likeness (QED) is 0.857. The van der Waals surface area contributed by atoms with Crippen LogP contribution < -0.4 is 5.32 Å². The second kappa shape index (κ2) is 6.44. The van der Waals surface area contributed by atoms with Gasteiger partial charge in [0.05, 0.1) is 6.61 Å². The van der Waals surface area contributed by atoms with Gasteiger partial charge in [-0.3, -0.25) is 0 Å². The summed E-state index contributed by atoms with van der Waals surface area (Å²) in [5.74, 6) is 0.377. The van der Waals surface area contributed by atoms with Crippen molar-refractivity contribution in [1.29, 1.82) is 0 Å². The fourth-order valence-electron chi connectivity index (χ4n) is 1.13. The van der Waals surface area contributed by atoms with Crippen molar-refractivity contribution in [3.63, 3.8) is 0 Å². The van der Waals surface area contributed by atoms with Crippen LogP contribution in [-0.4, -0.2) is 44.4 Å². The molecule has 0 bridgehead atoms. The van der Waals surface area contributed by atoms with E-state index < -0.39 is 0 Å². The summed E-state index contributed by atoms with van der Waals surface area (Å²) in [6, 6.07) is -0.00901. The monoisotopic (exact) mass is 282 g/mol. The van der Waals surface area contributed by atoms with E-state index in [4.69, 9.17) is 28.3 Å². The molecule has 5 nitrogen and oxygen atoms in total. The van der Waals surface area contributed by atoms with Crippen LogP contribution in [-0.2, 0) is 0 Å². The van der Waals surface area contributed by atoms with Crippen LogP contribution in [0.1, 0.15) is 6.92 Å². The van der Waals surface area contributed by atoms with Crippen LogP contribution in [0.3, 0.4) is 0 Å². The molecule has 0 aliphatic heterocycles. The lowest BCUT2D eigenvalue weighted by molar-refractivity contribution is 0.288. The van der Waals surface area contributed by atoms with E-state index in [0.717, 1.165) is 0 Å². The maximum Gasteiger partial charge on any atom is 0.245 e. The van der Waals surface area contributed by atoms with Gasteiger partial charge in [0, 0.05) is 11.3 Å². The Morgan fingerprint density at radius 2 is 2.12 bits per heavy atom. The number of halogens is 2. The molecule has 0 radical (unpaired) electrons. The van der Waals surface area contributed by atoms with E-state index >= 15 is 0 Å². The van der Waals surface area contributed by atoms with Crippen molar-refractivity contribution in [2.24, 2.45) is 0 Å². The van der Waals surface area contributed by atoms with Gasteiger partial charge in [-0.1, -0.05) is 11.6 Å². The third-order valence-corrected chi connectivity index (χ3v) is 3.60. The van der Waals surface area contributed by atoms with Gasteiger partial charge in [0.25, 0.3) is 0 Å². The number of anilines is 1. The zero-order chi connectivity index (χ0) is 12.1. The Kier molecular flexibility index (Phi) is 5.54. The summed E-state index contributed by atoms with van der Waals surface area (Å²) in [7, 11) is 0. The van der Waals surface area contributed by atoms with E-state index in [1.54, 1.807) is 11.8 Å². The van der Waals surface area contributed by atoms with Crippen LogP contribution in [0.5, 0.6) is 0 Å². The highest BCUT2D eigenvalue weighted by atomic mass is 35.5. The van der Waals surface area contributed by atoms with Crippen LogP contribution >= 0.6 is 35.0 Å². The largest absolute Gasteiger partial charge is 0.395 e. The molecule has 1 aromatic heterocycles. The predicted octanol–water partition coefficient (Wildman–Crippen LogP) is 1.70. The van der Waals surface area contributed by atoms with E-state index in [9.17, 15) is 0 Å². The number of nitrogens with zero attached hydrogens (tertiary/aromatic N) is 3. The number of hydrogen-bond donors (Lipinski definition) is 2. The van der Waals surface area contributed by atoms with E-state index in [1.807, 2.05) is 13.2 Å². The minimum atomic E-state index is -0.00901. The maximum atomic E-state index is 9.13. The molecule has 1 rings (SSSR count). The number of rotatable bonds is 5. The van der Waals surface area contributed by atoms with Crippen LogP contribution in [0.15, 0.2) is 0 Å². The summed E-state index contributed by atoms with van der Waals surface area (Å²) < 4.78 is 0. The summed E-state index contributed by atoms with van der Waals surface area (Å²) >= 11 is 13.0. The SMILES string of the molecule is CSC(CO)C(C)Nc1nc(Cl)nnc1Cl. The first-order valence-corrected chi connectivity index (χ1v) is 6.58. The lowest BCUT2D eigenvalue weighted by Crippen LogP contribution is -2.31. The minimum Gasteiger partial charge on any atom is -0.395 e. The fraction of sp³-hybridized carbons (Fsp3) is 0.625. The molecule has 16 heavy (non-hydrogen) atoms. The molecule has 0 aliphatic rings. The highest BCUT2D eigenvalue weighted by Crippen LogP contribution is 2.20. The fourth-order valence-corrected chi connectivity index (χ4v) is 2.01. The predicted molar refractivity (Wildman–Crippen MR) is 67.3 cm³/mol. The number of nitrogens with one attached hydrogen (secondary N) is 1. The van der Waals surface area contributed by atoms with Crippen molar-refractivity contribution < 1.29 is 5.11 Å². The Morgan fingerprint density at radius 3 is 2.69 bits per heavy atom. The lowest BCUT2D eigenvalue weighted by atomic mass is 10.2. The van der Waals surface area contributed by atoms with Crippen molar-refractivity contribution >= 4 is 40.8 Å². The molecule has 0 saturated heterocycles. The standard InChI is InChI=1S/C8H12Cl2N4OS/c1-4(5(3-15)16-2)11-7-6(9)13-14-8(10)12-7/h4-5,15H,3H2,1-2H3,(H,11,12,14). The molecule has 0 aromatic carbocycles. The van der Waals surface area contributed by atoms with Crippen molar-refractivity contribution in [2.45, 2.75) is 18.2 Å². The Balaban J connectivity index is 2.75. The van der Waals surface area contributed by atoms with Gasteiger partial charge in [0.1, 0.15) is 0 Å². The Morgan fingerprint density at radius 1 is 1.44 bits per heavy atom. The first-order chi connectivity index (χ1) is 7.58. The van der Waals surface area contributed by atoms with Gasteiger partial charge in [0.15, 0.2) is 11.0 Å². The van der Waals surface area contributed by atoms with Crippen LogP contribution in [0.25, 0.3) is 0 Å². The number of thioether (sulfide) groups is 1. The second-order valence-electron chi connectivity index (χ2n) is 3.11. The summed E-state index contributed by atoms with van der Waals surface area (Å²) in [6.45, 7) is 1.99. The van der Waals surface area contributed by atoms with E-state index in [1.165, 1.54) is 0 Å². The number of aliphatic hydroxyl groups excluding tert-OH is 1. The molecule has 0 fully saturated rings. The molecule has 0 saturated carbocycles. The highest BCUT2D eigenvalue weighted by Gasteiger charge is 2.17. The van der Waals surface area contributed by atoms with Gasteiger partial charge in [-0.05, 0) is 24.8 Å². The molecule has 1 heterocycles. The van der Waals surface area contributed by atoms with Crippen molar-refractivity contribution in [1.82, 2.24) is 15.2 Å². The Bertz CT molecular complexity index is 351. The van der Waals surface area contributed by atoms with Gasteiger partial charge in [-0.2, -0.15) is 16.7 Å². The molecule has 2 unspecified atom stereocenters. The van der Waals surface area contributed by atoms with Gasteiger partial charge in [-0.25, -0.2) is 0 Å². The molecular weight excluding hydrogens is 271 g/mol. The average Bonchev–Trinajstić information content (AvgIpc) is 2.25. The average molecular weight is 283 g/mol. The Labute approximate surface area is 108 Å². The molecule has 90 valence electrons. The van der Waals surface area contributed by atoms with Gasteiger partial charge < -0.3 is 10.4 Å². The van der Waals surface area contributed by atoms with E-state index in [0.29, 0.717) is 5.82 Å². The second-order valence-corrected chi connectivity index (χ2v) is 4.88. The minimum absolute atomic E-state index is 0.00901. The third kappa shape index (κ3) is 3.62. The smallest absolute Gasteiger partial charge is 0.245 e. The zero-order valence-corrected chi connectivity index (χ0v) is 11.1. The molecule has 1 aromatic rings. The first kappa shape index (κ1) is 13.8. The topological polar surface area (TPSA) is 70.9 Å². The molecular formula is C8H12Cl2N4OS. The molecule has 0 spiro atoms. The zero-order valence-electron chi connectivity index (χ0n) is 8.81.